The zero-order valence-corrected chi connectivity index (χ0v) is 16.5. The van der Waals surface area contributed by atoms with Crippen LogP contribution in [0.4, 0.5) is 0 Å². The maximum Gasteiger partial charge on any atom is 0.195 e. The highest BCUT2D eigenvalue weighted by molar-refractivity contribution is 5.99. The zero-order valence-electron chi connectivity index (χ0n) is 16.5. The summed E-state index contributed by atoms with van der Waals surface area (Å²) in [5.74, 6) is 1.24. The monoisotopic (exact) mass is 384 g/mol. The van der Waals surface area contributed by atoms with Crippen molar-refractivity contribution in [3.8, 4) is 0 Å². The highest BCUT2D eigenvalue weighted by Crippen LogP contribution is 2.41. The molecule has 0 saturated carbocycles. The van der Waals surface area contributed by atoms with E-state index in [1.54, 1.807) is 5.94 Å². The third-order valence-electron chi connectivity index (χ3n) is 4.93. The van der Waals surface area contributed by atoms with Crippen molar-refractivity contribution in [2.45, 2.75) is 31.5 Å². The van der Waals surface area contributed by atoms with Crippen molar-refractivity contribution < 1.29 is 14.3 Å². The van der Waals surface area contributed by atoms with E-state index in [4.69, 9.17) is 4.74 Å². The molecule has 0 aliphatic rings. The van der Waals surface area contributed by atoms with Crippen LogP contribution in [0.2, 0.25) is 0 Å². The molecule has 0 aromatic heterocycles. The number of rotatable bonds is 9. The van der Waals surface area contributed by atoms with Gasteiger partial charge in [-0.05, 0) is 23.1 Å². The minimum absolute atomic E-state index is 0.367. The number of carbonyl (C=O) groups excluding carboxylic acids is 2. The molecule has 3 rings (SSSR count). The van der Waals surface area contributed by atoms with Crippen molar-refractivity contribution in [1.29, 1.82) is 0 Å². The summed E-state index contributed by atoms with van der Waals surface area (Å²) in [6.07, 6.45) is 1.43. The van der Waals surface area contributed by atoms with Gasteiger partial charge in [-0.25, -0.2) is 4.79 Å². The lowest BCUT2D eigenvalue weighted by Gasteiger charge is -2.38. The van der Waals surface area contributed by atoms with Crippen molar-refractivity contribution in [3.05, 3.63) is 114 Å². The lowest BCUT2D eigenvalue weighted by atomic mass is 9.79. The summed E-state index contributed by atoms with van der Waals surface area (Å²) < 4.78 is 6.69. The molecule has 0 aliphatic carbocycles. The second-order valence-electron chi connectivity index (χ2n) is 6.84. The van der Waals surface area contributed by atoms with E-state index in [1.165, 1.54) is 0 Å². The molecule has 0 spiro atoms. The Kier molecular flexibility index (Phi) is 6.91. The van der Waals surface area contributed by atoms with Crippen LogP contribution in [0.25, 0.3) is 0 Å². The Morgan fingerprint density at radius 3 is 1.62 bits per heavy atom. The van der Waals surface area contributed by atoms with Crippen LogP contribution in [-0.4, -0.2) is 17.8 Å². The summed E-state index contributed by atoms with van der Waals surface area (Å²) in [5, 5.41) is 0. The quantitative estimate of drug-likeness (QED) is 0.292. The van der Waals surface area contributed by atoms with Gasteiger partial charge >= 0.3 is 0 Å². The Labute approximate surface area is 171 Å². The van der Waals surface area contributed by atoms with Crippen LogP contribution in [0.5, 0.6) is 0 Å². The van der Waals surface area contributed by atoms with Crippen LogP contribution in [0, 0.1) is 0 Å². The van der Waals surface area contributed by atoms with Gasteiger partial charge in [-0.3, -0.25) is 4.79 Å². The fraction of sp³-hybridized carbons (Fsp3) is 0.192. The second-order valence-corrected chi connectivity index (χ2v) is 6.84. The topological polar surface area (TPSA) is 43.4 Å². The standard InChI is InChI=1S/C26H24O3/c1-2-12-25(24(28)19-20-27)29-26(21-13-6-3-7-14-21,22-15-8-4-9-16-22)23-17-10-5-11-18-23/h3-11,13-19,25H,2,12H2,1H3. The van der Waals surface area contributed by atoms with E-state index in [0.717, 1.165) is 29.2 Å². The van der Waals surface area contributed by atoms with Gasteiger partial charge in [0.1, 0.15) is 17.6 Å². The van der Waals surface area contributed by atoms with Gasteiger partial charge in [0.25, 0.3) is 0 Å². The van der Waals surface area contributed by atoms with Crippen LogP contribution < -0.4 is 0 Å². The molecule has 1 atom stereocenters. The van der Waals surface area contributed by atoms with E-state index in [9.17, 15) is 9.59 Å². The molecule has 0 heterocycles. The predicted molar refractivity (Wildman–Crippen MR) is 114 cm³/mol. The number of carbonyl (C=O) groups is 1. The normalized spacial score (nSPS) is 12.0. The molecule has 3 aromatic carbocycles. The summed E-state index contributed by atoms with van der Waals surface area (Å²) in [7, 11) is 0. The Morgan fingerprint density at radius 2 is 1.28 bits per heavy atom. The van der Waals surface area contributed by atoms with Gasteiger partial charge in [-0.15, -0.1) is 0 Å². The number of hydrogen-bond acceptors (Lipinski definition) is 3. The fourth-order valence-corrected chi connectivity index (χ4v) is 3.61. The average molecular weight is 384 g/mol. The van der Waals surface area contributed by atoms with Crippen molar-refractivity contribution >= 4 is 11.7 Å². The molecule has 1 unspecified atom stereocenters. The minimum Gasteiger partial charge on any atom is -0.349 e. The van der Waals surface area contributed by atoms with Crippen molar-refractivity contribution in [2.75, 3.05) is 0 Å². The van der Waals surface area contributed by atoms with Crippen LogP contribution in [-0.2, 0) is 19.9 Å². The minimum atomic E-state index is -0.990. The van der Waals surface area contributed by atoms with Gasteiger partial charge in [0, 0.05) is 0 Å². The van der Waals surface area contributed by atoms with Crippen molar-refractivity contribution in [1.82, 2.24) is 0 Å². The number of ether oxygens (including phenoxy) is 1. The van der Waals surface area contributed by atoms with Gasteiger partial charge in [-0.2, -0.15) is 0 Å². The van der Waals surface area contributed by atoms with Crippen molar-refractivity contribution in [3.63, 3.8) is 0 Å². The van der Waals surface area contributed by atoms with E-state index in [1.807, 2.05) is 97.9 Å². The van der Waals surface area contributed by atoms with Crippen LogP contribution >= 0.6 is 0 Å². The smallest absolute Gasteiger partial charge is 0.195 e. The van der Waals surface area contributed by atoms with Gasteiger partial charge in [-0.1, -0.05) is 104 Å². The Hall–Kier alpha value is -3.26. The lowest BCUT2D eigenvalue weighted by molar-refractivity contribution is -0.134. The average Bonchev–Trinajstić information content (AvgIpc) is 2.79. The Bertz CT molecular complexity index is 862. The first kappa shape index (κ1) is 20.5. The number of hydrogen-bond donors (Lipinski definition) is 0. The molecule has 0 radical (unpaired) electrons. The molecule has 146 valence electrons. The largest absolute Gasteiger partial charge is 0.349 e. The SMILES string of the molecule is CCCC(OC(c1ccccc1)(c1ccccc1)c1ccccc1)C(=O)C=C=O. The zero-order chi connectivity index (χ0) is 20.5. The molecule has 29 heavy (non-hydrogen) atoms. The van der Waals surface area contributed by atoms with E-state index in [-0.39, 0.29) is 5.78 Å². The van der Waals surface area contributed by atoms with Gasteiger partial charge in [0.2, 0.25) is 0 Å². The summed E-state index contributed by atoms with van der Waals surface area (Å²) in [6, 6.07) is 29.6. The van der Waals surface area contributed by atoms with Gasteiger partial charge in [0.15, 0.2) is 5.78 Å². The van der Waals surface area contributed by atoms with E-state index >= 15 is 0 Å². The van der Waals surface area contributed by atoms with Gasteiger partial charge in [0.05, 0.1) is 6.08 Å². The summed E-state index contributed by atoms with van der Waals surface area (Å²) in [6.45, 7) is 1.99. The predicted octanol–water partition coefficient (Wildman–Crippen LogP) is 5.12. The van der Waals surface area contributed by atoms with E-state index < -0.39 is 11.7 Å². The molecule has 3 heteroatoms. The molecule has 0 aliphatic heterocycles. The first-order valence-corrected chi connectivity index (χ1v) is 9.81. The Morgan fingerprint density at radius 1 is 0.862 bits per heavy atom. The molecular weight excluding hydrogens is 360 g/mol. The molecular formula is C26H24O3. The van der Waals surface area contributed by atoms with Crippen LogP contribution in [0.3, 0.4) is 0 Å². The van der Waals surface area contributed by atoms with E-state index in [0.29, 0.717) is 6.42 Å². The number of ketones is 1. The van der Waals surface area contributed by atoms with Crippen molar-refractivity contribution in [2.24, 2.45) is 0 Å². The summed E-state index contributed by atoms with van der Waals surface area (Å²) in [4.78, 5) is 23.5. The molecule has 3 aromatic rings. The maximum absolute atomic E-state index is 12.7. The fourth-order valence-electron chi connectivity index (χ4n) is 3.61. The molecule has 3 nitrogen and oxygen atoms in total. The third-order valence-corrected chi connectivity index (χ3v) is 4.93. The highest BCUT2D eigenvalue weighted by Gasteiger charge is 2.40. The first-order valence-electron chi connectivity index (χ1n) is 9.81. The molecule has 0 saturated heterocycles. The summed E-state index contributed by atoms with van der Waals surface area (Å²) >= 11 is 0. The number of benzene rings is 3. The molecule has 0 bridgehead atoms. The highest BCUT2D eigenvalue weighted by atomic mass is 16.5. The van der Waals surface area contributed by atoms with Gasteiger partial charge < -0.3 is 4.74 Å². The Balaban J connectivity index is 2.27. The first-order chi connectivity index (χ1) is 14.2. The molecule has 0 N–H and O–H groups in total. The molecule has 0 amide bonds. The van der Waals surface area contributed by atoms with E-state index in [2.05, 4.69) is 0 Å². The second kappa shape index (κ2) is 9.79. The third kappa shape index (κ3) is 4.43. The van der Waals surface area contributed by atoms with Crippen LogP contribution in [0.15, 0.2) is 97.1 Å². The summed E-state index contributed by atoms with van der Waals surface area (Å²) in [5.41, 5.74) is 1.76. The molecule has 0 fully saturated rings. The van der Waals surface area contributed by atoms with Crippen LogP contribution in [0.1, 0.15) is 36.5 Å². The lowest BCUT2D eigenvalue weighted by Crippen LogP contribution is -2.39. The maximum atomic E-state index is 12.7.